The minimum absolute atomic E-state index is 0.0422. The normalized spacial score (nSPS) is 30.3. The van der Waals surface area contributed by atoms with E-state index in [2.05, 4.69) is 19.2 Å². The molecule has 1 aliphatic carbocycles. The molecular weight excluding hydrogens is 202 g/mol. The third-order valence-electron chi connectivity index (χ3n) is 2.81. The lowest BCUT2D eigenvalue weighted by molar-refractivity contribution is -0.120. The summed E-state index contributed by atoms with van der Waals surface area (Å²) in [4.78, 5) is 10.9. The highest BCUT2D eigenvalue weighted by Crippen LogP contribution is 2.43. The number of aliphatic hydroxyl groups is 1. The summed E-state index contributed by atoms with van der Waals surface area (Å²) in [5.74, 6) is -0.260. The van der Waals surface area contributed by atoms with E-state index in [1.165, 1.54) is 0 Å². The Bertz CT molecular complexity index is 230. The summed E-state index contributed by atoms with van der Waals surface area (Å²) in [5, 5.41) is 12.7. The van der Waals surface area contributed by atoms with Crippen molar-refractivity contribution in [2.24, 2.45) is 5.41 Å². The summed E-state index contributed by atoms with van der Waals surface area (Å²) in [5.41, 5.74) is -0.550. The van der Waals surface area contributed by atoms with Gasteiger partial charge in [-0.05, 0) is 24.7 Å². The second-order valence-electron chi connectivity index (χ2n) is 4.98. The molecule has 0 radical (unpaired) electrons. The summed E-state index contributed by atoms with van der Waals surface area (Å²) in [6.45, 7) is 4.59. The number of nitrogens with one attached hydrogen (secondary N) is 1. The molecule has 0 aromatic heterocycles. The Hall–Kier alpha value is -0.280. The predicted octanol–water partition coefficient (Wildman–Crippen LogP) is 1.28. The maximum atomic E-state index is 10.9. The molecule has 4 heteroatoms. The van der Waals surface area contributed by atoms with Crippen molar-refractivity contribution in [2.75, 3.05) is 12.4 Å². The van der Waals surface area contributed by atoms with Gasteiger partial charge in [-0.1, -0.05) is 13.8 Å². The minimum Gasteiger partial charge on any atom is -0.388 e. The van der Waals surface area contributed by atoms with Crippen LogP contribution in [0.2, 0.25) is 0 Å². The van der Waals surface area contributed by atoms with Crippen molar-refractivity contribution < 1.29 is 9.90 Å². The van der Waals surface area contributed by atoms with Crippen molar-refractivity contribution >= 4 is 17.5 Å². The lowest BCUT2D eigenvalue weighted by Gasteiger charge is -2.25. The molecule has 1 amide bonds. The Morgan fingerprint density at radius 1 is 1.50 bits per heavy atom. The molecule has 0 aromatic carbocycles. The Balaban J connectivity index is 2.41. The molecule has 2 N–H and O–H groups in total. The monoisotopic (exact) mass is 219 g/mol. The zero-order valence-electron chi connectivity index (χ0n) is 8.77. The largest absolute Gasteiger partial charge is 0.388 e. The number of hydrogen-bond donors (Lipinski definition) is 2. The molecule has 0 spiro atoms. The highest BCUT2D eigenvalue weighted by molar-refractivity contribution is 6.27. The molecule has 0 bridgehead atoms. The SMILES string of the molecule is CC1(C)CCC(O)(CNC(=O)CCl)C1. The lowest BCUT2D eigenvalue weighted by Crippen LogP contribution is -2.42. The number of carbonyl (C=O) groups is 1. The number of halogens is 1. The fourth-order valence-corrected chi connectivity index (χ4v) is 2.19. The van der Waals surface area contributed by atoms with Crippen LogP contribution in [0, 0.1) is 5.41 Å². The summed E-state index contributed by atoms with van der Waals surface area (Å²) in [6, 6.07) is 0. The van der Waals surface area contributed by atoms with Gasteiger partial charge < -0.3 is 10.4 Å². The molecule has 3 nitrogen and oxygen atoms in total. The number of hydrogen-bond acceptors (Lipinski definition) is 2. The van der Waals surface area contributed by atoms with E-state index >= 15 is 0 Å². The van der Waals surface area contributed by atoms with Gasteiger partial charge >= 0.3 is 0 Å². The first-order valence-electron chi connectivity index (χ1n) is 4.92. The number of amides is 1. The number of rotatable bonds is 3. The van der Waals surface area contributed by atoms with Crippen molar-refractivity contribution in [1.82, 2.24) is 5.32 Å². The summed E-state index contributed by atoms with van der Waals surface area (Å²) in [6.07, 6.45) is 2.49. The first-order valence-corrected chi connectivity index (χ1v) is 5.45. The van der Waals surface area contributed by atoms with Crippen LogP contribution in [0.15, 0.2) is 0 Å². The first kappa shape index (κ1) is 11.8. The van der Waals surface area contributed by atoms with Crippen molar-refractivity contribution in [3.8, 4) is 0 Å². The molecule has 1 atom stereocenters. The van der Waals surface area contributed by atoms with E-state index in [1.54, 1.807) is 0 Å². The first-order chi connectivity index (χ1) is 6.37. The zero-order chi connectivity index (χ0) is 10.8. The Morgan fingerprint density at radius 2 is 2.14 bits per heavy atom. The molecule has 0 saturated heterocycles. The van der Waals surface area contributed by atoms with Crippen LogP contribution >= 0.6 is 11.6 Å². The summed E-state index contributed by atoms with van der Waals surface area (Å²) < 4.78 is 0. The van der Waals surface area contributed by atoms with Crippen molar-refractivity contribution in [2.45, 2.75) is 38.7 Å². The molecule has 14 heavy (non-hydrogen) atoms. The van der Waals surface area contributed by atoms with Gasteiger partial charge in [-0.25, -0.2) is 0 Å². The van der Waals surface area contributed by atoms with E-state index < -0.39 is 5.60 Å². The molecule has 82 valence electrons. The van der Waals surface area contributed by atoms with Crippen molar-refractivity contribution in [3.05, 3.63) is 0 Å². The van der Waals surface area contributed by atoms with Crippen LogP contribution in [0.4, 0.5) is 0 Å². The quantitative estimate of drug-likeness (QED) is 0.703. The average molecular weight is 220 g/mol. The topological polar surface area (TPSA) is 49.3 Å². The van der Waals surface area contributed by atoms with Gasteiger partial charge in [-0.3, -0.25) is 4.79 Å². The van der Waals surface area contributed by atoms with Crippen LogP contribution in [0.5, 0.6) is 0 Å². The van der Waals surface area contributed by atoms with Crippen LogP contribution in [0.3, 0.4) is 0 Å². The van der Waals surface area contributed by atoms with Gasteiger partial charge in [0.25, 0.3) is 0 Å². The van der Waals surface area contributed by atoms with Gasteiger partial charge in [-0.15, -0.1) is 11.6 Å². The summed E-state index contributed by atoms with van der Waals surface area (Å²) in [7, 11) is 0. The molecule has 1 unspecified atom stereocenters. The lowest BCUT2D eigenvalue weighted by atomic mass is 9.89. The van der Waals surface area contributed by atoms with Gasteiger partial charge in [0.15, 0.2) is 0 Å². The Labute approximate surface area is 89.8 Å². The molecule has 1 fully saturated rings. The van der Waals surface area contributed by atoms with Crippen LogP contribution in [0.1, 0.15) is 33.1 Å². The molecule has 0 aliphatic heterocycles. The van der Waals surface area contributed by atoms with E-state index in [4.69, 9.17) is 11.6 Å². The van der Waals surface area contributed by atoms with Crippen molar-refractivity contribution in [3.63, 3.8) is 0 Å². The van der Waals surface area contributed by atoms with Gasteiger partial charge in [0.2, 0.25) is 5.91 Å². The molecule has 0 aromatic rings. The van der Waals surface area contributed by atoms with Crippen LogP contribution < -0.4 is 5.32 Å². The van der Waals surface area contributed by atoms with Gasteiger partial charge in [0.1, 0.15) is 5.88 Å². The fourth-order valence-electron chi connectivity index (χ4n) is 2.10. The molecule has 1 saturated carbocycles. The maximum Gasteiger partial charge on any atom is 0.235 e. The molecular formula is C10H18ClNO2. The predicted molar refractivity (Wildman–Crippen MR) is 56.3 cm³/mol. The standard InChI is InChI=1S/C10H18ClNO2/c1-9(2)3-4-10(14,6-9)7-12-8(13)5-11/h14H,3-7H2,1-2H3,(H,12,13). The highest BCUT2D eigenvalue weighted by atomic mass is 35.5. The van der Waals surface area contributed by atoms with E-state index in [1.807, 2.05) is 0 Å². The average Bonchev–Trinajstić information content (AvgIpc) is 2.37. The van der Waals surface area contributed by atoms with Gasteiger partial charge in [-0.2, -0.15) is 0 Å². The molecule has 1 rings (SSSR count). The third kappa shape index (κ3) is 3.14. The zero-order valence-corrected chi connectivity index (χ0v) is 9.52. The summed E-state index contributed by atoms with van der Waals surface area (Å²) >= 11 is 5.35. The Morgan fingerprint density at radius 3 is 2.57 bits per heavy atom. The van der Waals surface area contributed by atoms with E-state index in [0.29, 0.717) is 6.54 Å². The molecule has 0 heterocycles. The molecule has 1 aliphatic rings. The van der Waals surface area contributed by atoms with E-state index in [-0.39, 0.29) is 17.2 Å². The Kier molecular flexibility index (Phi) is 3.43. The van der Waals surface area contributed by atoms with Crippen molar-refractivity contribution in [1.29, 1.82) is 0 Å². The van der Waals surface area contributed by atoms with Crippen LogP contribution in [0.25, 0.3) is 0 Å². The van der Waals surface area contributed by atoms with Crippen LogP contribution in [-0.4, -0.2) is 29.0 Å². The minimum atomic E-state index is -0.731. The van der Waals surface area contributed by atoms with E-state index in [9.17, 15) is 9.90 Å². The van der Waals surface area contributed by atoms with Gasteiger partial charge in [0, 0.05) is 6.54 Å². The second-order valence-corrected chi connectivity index (χ2v) is 5.24. The van der Waals surface area contributed by atoms with E-state index in [0.717, 1.165) is 19.3 Å². The van der Waals surface area contributed by atoms with Gasteiger partial charge in [0.05, 0.1) is 5.60 Å². The highest BCUT2D eigenvalue weighted by Gasteiger charge is 2.41. The smallest absolute Gasteiger partial charge is 0.235 e. The second kappa shape index (κ2) is 4.07. The maximum absolute atomic E-state index is 10.9. The van der Waals surface area contributed by atoms with Crippen LogP contribution in [-0.2, 0) is 4.79 Å². The number of carbonyl (C=O) groups excluding carboxylic acids is 1. The third-order valence-corrected chi connectivity index (χ3v) is 3.05. The fraction of sp³-hybridized carbons (Fsp3) is 0.900. The number of alkyl halides is 1.